The first-order chi connectivity index (χ1) is 7.37. The summed E-state index contributed by atoms with van der Waals surface area (Å²) in [5, 5.41) is 12.7. The number of carbonyl (C=O) groups excluding carboxylic acids is 1. The van der Waals surface area contributed by atoms with Gasteiger partial charge in [-0.3, -0.25) is 4.79 Å². The first-order valence-corrected chi connectivity index (χ1v) is 5.54. The zero-order chi connectivity index (χ0) is 12.3. The minimum atomic E-state index is -0.601. The van der Waals surface area contributed by atoms with Crippen molar-refractivity contribution in [3.05, 3.63) is 5.56 Å². The second kappa shape index (κ2) is 4.67. The molecule has 0 saturated carbocycles. The van der Waals surface area contributed by atoms with Crippen LogP contribution in [0.4, 0.5) is 10.8 Å². The minimum absolute atomic E-state index is 0.0419. The van der Waals surface area contributed by atoms with E-state index in [0.717, 1.165) is 11.5 Å². The minimum Gasteiger partial charge on any atom is -0.396 e. The molecule has 0 saturated heterocycles. The molecule has 0 aromatic carbocycles. The van der Waals surface area contributed by atoms with Crippen LogP contribution in [0.15, 0.2) is 0 Å². The highest BCUT2D eigenvalue weighted by molar-refractivity contribution is 7.11. The number of aliphatic hydroxyl groups excluding tert-OH is 1. The van der Waals surface area contributed by atoms with Crippen molar-refractivity contribution < 1.29 is 9.90 Å². The molecule has 90 valence electrons. The van der Waals surface area contributed by atoms with E-state index in [2.05, 4.69) is 9.69 Å². The van der Waals surface area contributed by atoms with Crippen LogP contribution >= 0.6 is 11.5 Å². The molecule has 0 aliphatic carbocycles. The average Bonchev–Trinajstić information content (AvgIpc) is 2.57. The molecule has 0 fully saturated rings. The molecule has 1 aromatic rings. The molecule has 6 N–H and O–H groups in total. The number of hydrogen-bond acceptors (Lipinski definition) is 6. The maximum Gasteiger partial charge on any atom is 0.255 e. The van der Waals surface area contributed by atoms with Crippen LogP contribution in [-0.4, -0.2) is 28.5 Å². The van der Waals surface area contributed by atoms with E-state index in [1.54, 1.807) is 0 Å². The van der Waals surface area contributed by atoms with E-state index in [4.69, 9.17) is 16.6 Å². The number of rotatable bonds is 5. The summed E-state index contributed by atoms with van der Waals surface area (Å²) in [6.07, 6.45) is 0. The second-order valence-corrected chi connectivity index (χ2v) is 5.09. The van der Waals surface area contributed by atoms with Crippen LogP contribution in [0.2, 0.25) is 0 Å². The Labute approximate surface area is 97.8 Å². The van der Waals surface area contributed by atoms with E-state index in [9.17, 15) is 4.79 Å². The highest BCUT2D eigenvalue weighted by Crippen LogP contribution is 2.27. The van der Waals surface area contributed by atoms with Gasteiger partial charge < -0.3 is 21.9 Å². The van der Waals surface area contributed by atoms with E-state index in [0.29, 0.717) is 11.5 Å². The van der Waals surface area contributed by atoms with Crippen LogP contribution in [0.5, 0.6) is 0 Å². The second-order valence-electron chi connectivity index (χ2n) is 4.31. The van der Waals surface area contributed by atoms with Crippen molar-refractivity contribution in [1.29, 1.82) is 0 Å². The molecule has 0 aliphatic rings. The lowest BCUT2D eigenvalue weighted by Crippen LogP contribution is -2.27. The highest BCUT2D eigenvalue weighted by Gasteiger charge is 2.20. The number of anilines is 2. The Hall–Kier alpha value is -1.34. The fraction of sp³-hybridized carbons (Fsp3) is 0.556. The summed E-state index contributed by atoms with van der Waals surface area (Å²) < 4.78 is 3.86. The molecular formula is C9H16N4O2S. The number of amides is 1. The van der Waals surface area contributed by atoms with E-state index >= 15 is 0 Å². The molecule has 0 atom stereocenters. The molecule has 0 aliphatic heterocycles. The lowest BCUT2D eigenvalue weighted by atomic mass is 9.95. The Bertz CT molecular complexity index is 389. The van der Waals surface area contributed by atoms with Gasteiger partial charge in [0.05, 0.1) is 0 Å². The molecule has 6 nitrogen and oxygen atoms in total. The number of aromatic nitrogens is 1. The van der Waals surface area contributed by atoms with Crippen LogP contribution in [0.1, 0.15) is 24.2 Å². The quantitative estimate of drug-likeness (QED) is 0.593. The van der Waals surface area contributed by atoms with Crippen LogP contribution < -0.4 is 16.8 Å². The van der Waals surface area contributed by atoms with E-state index in [1.807, 2.05) is 13.8 Å². The molecule has 0 radical (unpaired) electrons. The number of nitrogens with two attached hydrogens (primary N) is 2. The monoisotopic (exact) mass is 244 g/mol. The van der Waals surface area contributed by atoms with Gasteiger partial charge in [-0.2, -0.15) is 4.37 Å². The largest absolute Gasteiger partial charge is 0.396 e. The molecule has 1 heterocycles. The first-order valence-electron chi connectivity index (χ1n) is 4.77. The van der Waals surface area contributed by atoms with E-state index in [-0.39, 0.29) is 23.4 Å². The summed E-state index contributed by atoms with van der Waals surface area (Å²) >= 11 is 1.09. The molecule has 1 rings (SSSR count). The zero-order valence-corrected chi connectivity index (χ0v) is 10.1. The number of nitrogen functional groups attached to an aromatic ring is 1. The van der Waals surface area contributed by atoms with Crippen molar-refractivity contribution in [2.45, 2.75) is 13.8 Å². The van der Waals surface area contributed by atoms with Gasteiger partial charge in [-0.15, -0.1) is 0 Å². The normalized spacial score (nSPS) is 11.4. The molecule has 0 unspecified atom stereocenters. The van der Waals surface area contributed by atoms with Gasteiger partial charge in [-0.1, -0.05) is 13.8 Å². The molecular weight excluding hydrogens is 228 g/mol. The number of carbonyl (C=O) groups is 1. The van der Waals surface area contributed by atoms with Crippen molar-refractivity contribution in [2.75, 3.05) is 24.2 Å². The number of hydrogen-bond donors (Lipinski definition) is 4. The Kier molecular flexibility index (Phi) is 3.71. The fourth-order valence-electron chi connectivity index (χ4n) is 1.04. The zero-order valence-electron chi connectivity index (χ0n) is 9.28. The van der Waals surface area contributed by atoms with Crippen LogP contribution in [0, 0.1) is 5.41 Å². The van der Waals surface area contributed by atoms with Gasteiger partial charge in [-0.25, -0.2) is 0 Å². The van der Waals surface area contributed by atoms with Crippen molar-refractivity contribution in [2.24, 2.45) is 11.1 Å². The van der Waals surface area contributed by atoms with Crippen molar-refractivity contribution in [1.82, 2.24) is 4.37 Å². The molecule has 1 amide bonds. The maximum atomic E-state index is 11.1. The Morgan fingerprint density at radius 1 is 1.62 bits per heavy atom. The summed E-state index contributed by atoms with van der Waals surface area (Å²) in [6.45, 7) is 4.34. The van der Waals surface area contributed by atoms with Gasteiger partial charge in [0, 0.05) is 18.6 Å². The molecule has 0 spiro atoms. The first kappa shape index (κ1) is 12.7. The maximum absolute atomic E-state index is 11.1. The number of aliphatic hydroxyl groups is 1. The van der Waals surface area contributed by atoms with Crippen LogP contribution in [0.3, 0.4) is 0 Å². The Morgan fingerprint density at radius 2 is 2.25 bits per heavy atom. The fourth-order valence-corrected chi connectivity index (χ4v) is 1.75. The van der Waals surface area contributed by atoms with Gasteiger partial charge in [0.15, 0.2) is 5.82 Å². The summed E-state index contributed by atoms with van der Waals surface area (Å²) in [5.74, 6) is -0.461. The smallest absolute Gasteiger partial charge is 0.255 e. The number of nitrogens with zero attached hydrogens (tertiary/aromatic N) is 1. The molecule has 7 heteroatoms. The van der Waals surface area contributed by atoms with Crippen LogP contribution in [-0.2, 0) is 0 Å². The number of primary amides is 1. The summed E-state index contributed by atoms with van der Waals surface area (Å²) in [7, 11) is 0. The van der Waals surface area contributed by atoms with Crippen molar-refractivity contribution in [3.8, 4) is 0 Å². The number of nitrogens with one attached hydrogen (secondary N) is 1. The molecule has 0 bridgehead atoms. The Morgan fingerprint density at radius 3 is 2.75 bits per heavy atom. The molecule has 1 aromatic heterocycles. The highest BCUT2D eigenvalue weighted by atomic mass is 32.1. The predicted molar refractivity (Wildman–Crippen MR) is 64.4 cm³/mol. The lowest BCUT2D eigenvalue weighted by Gasteiger charge is -2.22. The Balaban J connectivity index is 2.79. The van der Waals surface area contributed by atoms with Gasteiger partial charge in [0.1, 0.15) is 10.6 Å². The van der Waals surface area contributed by atoms with Gasteiger partial charge in [0.2, 0.25) is 0 Å². The third kappa shape index (κ3) is 2.83. The third-order valence-corrected chi connectivity index (χ3v) is 2.94. The molecule has 16 heavy (non-hydrogen) atoms. The third-order valence-electron chi connectivity index (χ3n) is 2.12. The van der Waals surface area contributed by atoms with E-state index in [1.165, 1.54) is 0 Å². The van der Waals surface area contributed by atoms with Gasteiger partial charge in [-0.05, 0) is 11.5 Å². The standard InChI is InChI=1S/C9H16N4O2S/c1-9(2,4-14)3-12-8-5(7(11)15)6(10)13-16-8/h12,14H,3-4H2,1-2H3,(H2,10,13)(H2,11,15). The SMILES string of the molecule is CC(C)(CO)CNc1snc(N)c1C(N)=O. The van der Waals surface area contributed by atoms with Crippen LogP contribution in [0.25, 0.3) is 0 Å². The summed E-state index contributed by atoms with van der Waals surface area (Å²) in [4.78, 5) is 11.1. The van der Waals surface area contributed by atoms with E-state index < -0.39 is 5.91 Å². The van der Waals surface area contributed by atoms with Gasteiger partial charge in [0.25, 0.3) is 5.91 Å². The van der Waals surface area contributed by atoms with Crippen molar-refractivity contribution >= 4 is 28.3 Å². The topological polar surface area (TPSA) is 114 Å². The summed E-state index contributed by atoms with van der Waals surface area (Å²) in [5.41, 5.74) is 10.7. The summed E-state index contributed by atoms with van der Waals surface area (Å²) in [6, 6.07) is 0. The van der Waals surface area contributed by atoms with Crippen molar-refractivity contribution in [3.63, 3.8) is 0 Å². The average molecular weight is 244 g/mol. The van der Waals surface area contributed by atoms with Gasteiger partial charge >= 0.3 is 0 Å². The predicted octanol–water partition coefficient (Wildman–Crippen LogP) is 0.255. The lowest BCUT2D eigenvalue weighted by molar-refractivity contribution is 0.100.